The first-order valence-corrected chi connectivity index (χ1v) is 12.0. The van der Waals surface area contributed by atoms with E-state index in [4.69, 9.17) is 4.43 Å². The Balaban J connectivity index is 4.67. The molecule has 0 bridgehead atoms. The summed E-state index contributed by atoms with van der Waals surface area (Å²) in [5.74, 6) is 0. The van der Waals surface area contributed by atoms with Crippen molar-refractivity contribution in [3.8, 4) is 0 Å². The molecule has 3 heteroatoms. The van der Waals surface area contributed by atoms with E-state index >= 15 is 0 Å². The molecule has 0 aliphatic carbocycles. The Kier molecular flexibility index (Phi) is 5.62. The van der Waals surface area contributed by atoms with Gasteiger partial charge in [-0.1, -0.05) is 33.9 Å². The fraction of sp³-hybridized carbons (Fsp3) is 1.00. The second kappa shape index (κ2) is 5.47. The van der Waals surface area contributed by atoms with E-state index in [-0.39, 0.29) is 5.22 Å². The maximum Gasteiger partial charge on any atom is 0.186 e. The molecule has 0 fully saturated rings. The average Bonchev–Trinajstić information content (AvgIpc) is 2.14. The summed E-state index contributed by atoms with van der Waals surface area (Å²) < 4.78 is 6.54. The molecule has 0 radical (unpaired) electrons. The molecule has 0 atom stereocenters. The van der Waals surface area contributed by atoms with Crippen molar-refractivity contribution in [2.24, 2.45) is 0 Å². The molecule has 0 aromatic heterocycles. The van der Waals surface area contributed by atoms with Crippen molar-refractivity contribution in [3.05, 3.63) is 0 Å². The molecule has 0 unspecified atom stereocenters. The van der Waals surface area contributed by atoms with Crippen molar-refractivity contribution < 1.29 is 4.43 Å². The highest BCUT2D eigenvalue weighted by atomic mass is 28.4. The van der Waals surface area contributed by atoms with Crippen LogP contribution in [0.5, 0.6) is 0 Å². The molecule has 0 aromatic carbocycles. The van der Waals surface area contributed by atoms with Crippen molar-refractivity contribution in [2.45, 2.75) is 71.1 Å². The minimum absolute atomic E-state index is 0.270. The van der Waals surface area contributed by atoms with Gasteiger partial charge in [-0.2, -0.15) is 0 Å². The van der Waals surface area contributed by atoms with E-state index in [0.29, 0.717) is 0 Å². The Morgan fingerprint density at radius 3 is 1.71 bits per heavy atom. The normalized spacial score (nSPS) is 13.7. The van der Waals surface area contributed by atoms with Crippen LogP contribution in [-0.4, -0.2) is 22.3 Å². The van der Waals surface area contributed by atoms with Crippen LogP contribution >= 0.6 is 0 Å². The highest BCUT2D eigenvalue weighted by Crippen LogP contribution is 2.29. The fourth-order valence-corrected chi connectivity index (χ4v) is 7.02. The molecular weight excluding hydrogens is 204 g/mol. The molecule has 1 nitrogen and oxygen atoms in total. The quantitative estimate of drug-likeness (QED) is 0.633. The zero-order valence-electron chi connectivity index (χ0n) is 11.1. The lowest BCUT2D eigenvalue weighted by Gasteiger charge is -2.42. The second-order valence-electron chi connectivity index (χ2n) is 5.14. The van der Waals surface area contributed by atoms with Crippen molar-refractivity contribution >= 4 is 17.1 Å². The highest BCUT2D eigenvalue weighted by molar-refractivity contribution is 6.72. The predicted octanol–water partition coefficient (Wildman–Crippen LogP) is 3.81. The fourth-order valence-electron chi connectivity index (χ4n) is 1.95. The van der Waals surface area contributed by atoms with Crippen LogP contribution in [0.1, 0.15) is 33.6 Å². The van der Waals surface area contributed by atoms with Gasteiger partial charge in [0.1, 0.15) is 0 Å². The van der Waals surface area contributed by atoms with Crippen LogP contribution in [0.4, 0.5) is 0 Å². The summed E-state index contributed by atoms with van der Waals surface area (Å²) in [6.07, 6.45) is 2.40. The Morgan fingerprint density at radius 2 is 1.50 bits per heavy atom. The standard InChI is InChI=1S/C11H28OSi2/c1-8-11(9-2,13(4)5)12-14(6,7)10-3/h13H,8-10H2,1-7H3. The van der Waals surface area contributed by atoms with Crippen LogP contribution in [0.25, 0.3) is 0 Å². The Labute approximate surface area is 93.0 Å². The molecule has 14 heavy (non-hydrogen) atoms. The topological polar surface area (TPSA) is 9.23 Å². The summed E-state index contributed by atoms with van der Waals surface area (Å²) in [6.45, 7) is 16.4. The van der Waals surface area contributed by atoms with Gasteiger partial charge in [0.2, 0.25) is 0 Å². The summed E-state index contributed by atoms with van der Waals surface area (Å²) in [6, 6.07) is 1.23. The van der Waals surface area contributed by atoms with Gasteiger partial charge in [-0.25, -0.2) is 0 Å². The molecule has 0 heterocycles. The first kappa shape index (κ1) is 14.4. The molecule has 0 rings (SSSR count). The van der Waals surface area contributed by atoms with Crippen LogP contribution in [0.15, 0.2) is 0 Å². The minimum Gasteiger partial charge on any atom is -0.415 e. The van der Waals surface area contributed by atoms with Gasteiger partial charge >= 0.3 is 0 Å². The van der Waals surface area contributed by atoms with Crippen LogP contribution in [0.3, 0.4) is 0 Å². The predicted molar refractivity (Wildman–Crippen MR) is 71.2 cm³/mol. The summed E-state index contributed by atoms with van der Waals surface area (Å²) in [5, 5.41) is 0.270. The van der Waals surface area contributed by atoms with Crippen molar-refractivity contribution in [2.75, 3.05) is 0 Å². The zero-order valence-corrected chi connectivity index (χ0v) is 13.3. The van der Waals surface area contributed by atoms with E-state index in [9.17, 15) is 0 Å². The molecule has 86 valence electrons. The van der Waals surface area contributed by atoms with Gasteiger partial charge in [0.25, 0.3) is 0 Å². The molecule has 0 aliphatic heterocycles. The van der Waals surface area contributed by atoms with Crippen molar-refractivity contribution in [1.29, 1.82) is 0 Å². The summed E-state index contributed by atoms with van der Waals surface area (Å²) >= 11 is 0. The van der Waals surface area contributed by atoms with Gasteiger partial charge in [0.05, 0.1) is 8.80 Å². The van der Waals surface area contributed by atoms with Crippen LogP contribution in [0.2, 0.25) is 32.2 Å². The van der Waals surface area contributed by atoms with Gasteiger partial charge in [-0.15, -0.1) is 0 Å². The van der Waals surface area contributed by atoms with Gasteiger partial charge < -0.3 is 4.43 Å². The van der Waals surface area contributed by atoms with Gasteiger partial charge in [-0.3, -0.25) is 0 Å². The van der Waals surface area contributed by atoms with E-state index in [1.807, 2.05) is 0 Å². The third-order valence-corrected chi connectivity index (χ3v) is 9.52. The maximum absolute atomic E-state index is 6.54. The molecule has 0 amide bonds. The Bertz CT molecular complexity index is 163. The Hall–Kier alpha value is 0.394. The molecule has 0 spiro atoms. The van der Waals surface area contributed by atoms with E-state index in [0.717, 1.165) is 0 Å². The van der Waals surface area contributed by atoms with Crippen LogP contribution < -0.4 is 0 Å². The smallest absolute Gasteiger partial charge is 0.186 e. The monoisotopic (exact) mass is 232 g/mol. The van der Waals surface area contributed by atoms with Crippen molar-refractivity contribution in [1.82, 2.24) is 0 Å². The lowest BCUT2D eigenvalue weighted by Crippen LogP contribution is -2.51. The number of rotatable bonds is 6. The van der Waals surface area contributed by atoms with Crippen molar-refractivity contribution in [3.63, 3.8) is 0 Å². The first-order valence-electron chi connectivity index (χ1n) is 6.03. The highest BCUT2D eigenvalue weighted by Gasteiger charge is 2.37. The number of hydrogen-bond acceptors (Lipinski definition) is 1. The minimum atomic E-state index is -1.38. The van der Waals surface area contributed by atoms with E-state index < -0.39 is 17.1 Å². The van der Waals surface area contributed by atoms with E-state index in [1.165, 1.54) is 18.9 Å². The lowest BCUT2D eigenvalue weighted by molar-refractivity contribution is 0.129. The Morgan fingerprint density at radius 1 is 1.07 bits per heavy atom. The first-order chi connectivity index (χ1) is 6.33. The summed E-state index contributed by atoms with van der Waals surface area (Å²) in [4.78, 5) is 0. The number of hydrogen-bond donors (Lipinski definition) is 0. The van der Waals surface area contributed by atoms with Gasteiger partial charge in [-0.05, 0) is 32.0 Å². The van der Waals surface area contributed by atoms with E-state index in [1.54, 1.807) is 0 Å². The molecule has 0 saturated heterocycles. The molecule has 0 N–H and O–H groups in total. The van der Waals surface area contributed by atoms with Crippen LogP contribution in [0, 0.1) is 0 Å². The summed E-state index contributed by atoms with van der Waals surface area (Å²) in [7, 11) is -2.11. The third kappa shape index (κ3) is 3.52. The van der Waals surface area contributed by atoms with Gasteiger partial charge in [0.15, 0.2) is 8.32 Å². The maximum atomic E-state index is 6.54. The molecule has 0 aromatic rings. The second-order valence-corrected chi connectivity index (χ2v) is 12.9. The summed E-state index contributed by atoms with van der Waals surface area (Å²) in [5.41, 5.74) is 0. The average molecular weight is 233 g/mol. The van der Waals surface area contributed by atoms with E-state index in [2.05, 4.69) is 47.0 Å². The van der Waals surface area contributed by atoms with Gasteiger partial charge in [0, 0.05) is 5.22 Å². The lowest BCUT2D eigenvalue weighted by atomic mass is 10.2. The van der Waals surface area contributed by atoms with Crippen LogP contribution in [-0.2, 0) is 4.43 Å². The molecule has 0 saturated carbocycles. The molecular formula is C11H28OSi2. The molecule has 0 aliphatic rings. The SMILES string of the molecule is CCC(CC)(O[Si](C)(C)CC)[SiH](C)C. The third-order valence-electron chi connectivity index (χ3n) is 3.58. The largest absolute Gasteiger partial charge is 0.415 e. The zero-order chi connectivity index (χ0) is 11.4.